The maximum Gasteiger partial charge on any atom is 0.0620 e. The predicted octanol–water partition coefficient (Wildman–Crippen LogP) is -1.10. The Balaban J connectivity index is 2.17. The van der Waals surface area contributed by atoms with Crippen LogP contribution in [0.25, 0.3) is 0 Å². The van der Waals surface area contributed by atoms with Crippen LogP contribution < -0.4 is 5.11 Å². The molecule has 0 aromatic carbocycles. The minimum absolute atomic E-state index is 0.204. The number of carbonyl (C=O) groups is 1. The van der Waals surface area contributed by atoms with Crippen LogP contribution in [0.5, 0.6) is 0 Å². The Morgan fingerprint density at radius 1 is 1.78 bits per heavy atom. The number of carboxylic acid groups (broad SMARTS) is 1. The highest BCUT2D eigenvalue weighted by atomic mass is 16.4. The van der Waals surface area contributed by atoms with E-state index in [9.17, 15) is 9.90 Å². The largest absolute Gasteiger partial charge is 0.550 e. The van der Waals surface area contributed by atoms with Crippen LogP contribution in [0.1, 0.15) is 19.3 Å². The SMILES string of the molecule is O=C([O-])CC(O)C1CC1. The van der Waals surface area contributed by atoms with Gasteiger partial charge in [-0.05, 0) is 18.8 Å². The summed E-state index contributed by atoms with van der Waals surface area (Å²) in [6.45, 7) is 0. The molecular formula is C6H9O3-. The first-order valence-electron chi connectivity index (χ1n) is 3.08. The third-order valence-corrected chi connectivity index (χ3v) is 1.54. The molecule has 0 heterocycles. The summed E-state index contributed by atoms with van der Waals surface area (Å²) in [5.74, 6) is -0.919. The van der Waals surface area contributed by atoms with E-state index < -0.39 is 12.1 Å². The van der Waals surface area contributed by atoms with E-state index in [0.29, 0.717) is 0 Å². The molecule has 0 saturated heterocycles. The van der Waals surface area contributed by atoms with Crippen molar-refractivity contribution in [3.05, 3.63) is 0 Å². The molecule has 0 amide bonds. The van der Waals surface area contributed by atoms with E-state index in [-0.39, 0.29) is 12.3 Å². The van der Waals surface area contributed by atoms with E-state index >= 15 is 0 Å². The second-order valence-electron chi connectivity index (χ2n) is 2.48. The summed E-state index contributed by atoms with van der Waals surface area (Å²) in [7, 11) is 0. The van der Waals surface area contributed by atoms with Gasteiger partial charge in [0, 0.05) is 12.4 Å². The molecule has 1 atom stereocenters. The molecule has 0 bridgehead atoms. The summed E-state index contributed by atoms with van der Waals surface area (Å²) < 4.78 is 0. The number of aliphatic carboxylic acids is 1. The van der Waals surface area contributed by atoms with Gasteiger partial charge < -0.3 is 15.0 Å². The molecule has 0 radical (unpaired) electrons. The van der Waals surface area contributed by atoms with Crippen molar-refractivity contribution in [1.82, 2.24) is 0 Å². The average Bonchev–Trinajstić information content (AvgIpc) is 2.40. The van der Waals surface area contributed by atoms with E-state index in [2.05, 4.69) is 0 Å². The molecule has 1 saturated carbocycles. The molecule has 0 aliphatic heterocycles. The fourth-order valence-electron chi connectivity index (χ4n) is 0.818. The van der Waals surface area contributed by atoms with Crippen molar-refractivity contribution in [3.8, 4) is 0 Å². The highest BCUT2D eigenvalue weighted by molar-refractivity contribution is 5.64. The van der Waals surface area contributed by atoms with Gasteiger partial charge in [-0.1, -0.05) is 0 Å². The Hall–Kier alpha value is -0.570. The zero-order chi connectivity index (χ0) is 6.85. The first-order chi connectivity index (χ1) is 4.20. The molecule has 0 spiro atoms. The first-order valence-corrected chi connectivity index (χ1v) is 3.08. The number of rotatable bonds is 3. The van der Waals surface area contributed by atoms with Gasteiger partial charge in [-0.25, -0.2) is 0 Å². The van der Waals surface area contributed by atoms with E-state index in [1.54, 1.807) is 0 Å². The number of hydrogen-bond acceptors (Lipinski definition) is 3. The molecule has 52 valence electrons. The molecule has 0 aromatic rings. The maximum absolute atomic E-state index is 9.87. The number of aliphatic hydroxyl groups is 1. The van der Waals surface area contributed by atoms with E-state index in [1.165, 1.54) is 0 Å². The highest BCUT2D eigenvalue weighted by Crippen LogP contribution is 2.33. The summed E-state index contributed by atoms with van der Waals surface area (Å²) >= 11 is 0. The standard InChI is InChI=1S/C6H10O3/c7-5(3-6(8)9)4-1-2-4/h4-5,7H,1-3H2,(H,8,9)/p-1. The van der Waals surface area contributed by atoms with E-state index in [1.807, 2.05) is 0 Å². The van der Waals surface area contributed by atoms with Crippen LogP contribution in [-0.4, -0.2) is 17.2 Å². The van der Waals surface area contributed by atoms with Crippen LogP contribution in [0.3, 0.4) is 0 Å². The van der Waals surface area contributed by atoms with Crippen LogP contribution >= 0.6 is 0 Å². The molecule has 1 N–H and O–H groups in total. The lowest BCUT2D eigenvalue weighted by Crippen LogP contribution is -2.28. The summed E-state index contributed by atoms with van der Waals surface area (Å²) in [5.41, 5.74) is 0. The first kappa shape index (κ1) is 6.55. The Morgan fingerprint density at radius 2 is 2.33 bits per heavy atom. The second-order valence-corrected chi connectivity index (χ2v) is 2.48. The number of carbonyl (C=O) groups excluding carboxylic acids is 1. The quantitative estimate of drug-likeness (QED) is 0.526. The Morgan fingerprint density at radius 3 is 2.67 bits per heavy atom. The lowest BCUT2D eigenvalue weighted by atomic mass is 10.2. The van der Waals surface area contributed by atoms with Gasteiger partial charge in [-0.15, -0.1) is 0 Å². The van der Waals surface area contributed by atoms with Crippen LogP contribution in [0.15, 0.2) is 0 Å². The molecule has 3 nitrogen and oxygen atoms in total. The predicted molar refractivity (Wildman–Crippen MR) is 28.4 cm³/mol. The molecule has 1 unspecified atom stereocenters. The summed E-state index contributed by atoms with van der Waals surface area (Å²) in [4.78, 5) is 9.87. The zero-order valence-corrected chi connectivity index (χ0v) is 5.04. The number of carboxylic acids is 1. The van der Waals surface area contributed by atoms with Crippen molar-refractivity contribution >= 4 is 5.97 Å². The molecule has 1 fully saturated rings. The maximum atomic E-state index is 9.87. The topological polar surface area (TPSA) is 60.4 Å². The Labute approximate surface area is 53.3 Å². The minimum Gasteiger partial charge on any atom is -0.550 e. The van der Waals surface area contributed by atoms with Crippen molar-refractivity contribution in [1.29, 1.82) is 0 Å². The van der Waals surface area contributed by atoms with Crippen LogP contribution in [0, 0.1) is 5.92 Å². The second kappa shape index (κ2) is 2.35. The van der Waals surface area contributed by atoms with Crippen LogP contribution in [-0.2, 0) is 4.79 Å². The van der Waals surface area contributed by atoms with Crippen molar-refractivity contribution in [3.63, 3.8) is 0 Å². The van der Waals surface area contributed by atoms with Crippen molar-refractivity contribution in [2.24, 2.45) is 5.92 Å². The minimum atomic E-state index is -1.16. The monoisotopic (exact) mass is 129 g/mol. The molecular weight excluding hydrogens is 120 g/mol. The summed E-state index contributed by atoms with van der Waals surface area (Å²) in [6.07, 6.45) is 1.07. The lowest BCUT2D eigenvalue weighted by Gasteiger charge is -2.07. The summed E-state index contributed by atoms with van der Waals surface area (Å²) in [5, 5.41) is 18.8. The van der Waals surface area contributed by atoms with Gasteiger partial charge >= 0.3 is 0 Å². The molecule has 1 aliphatic rings. The van der Waals surface area contributed by atoms with Crippen molar-refractivity contribution < 1.29 is 15.0 Å². The van der Waals surface area contributed by atoms with Gasteiger partial charge in [0.05, 0.1) is 6.10 Å². The average molecular weight is 129 g/mol. The van der Waals surface area contributed by atoms with Gasteiger partial charge in [0.1, 0.15) is 0 Å². The van der Waals surface area contributed by atoms with Gasteiger partial charge in [0.2, 0.25) is 0 Å². The van der Waals surface area contributed by atoms with Crippen LogP contribution in [0.2, 0.25) is 0 Å². The zero-order valence-electron chi connectivity index (χ0n) is 5.04. The molecule has 1 rings (SSSR count). The molecule has 9 heavy (non-hydrogen) atoms. The van der Waals surface area contributed by atoms with E-state index in [0.717, 1.165) is 12.8 Å². The fourth-order valence-corrected chi connectivity index (χ4v) is 0.818. The van der Waals surface area contributed by atoms with Crippen molar-refractivity contribution in [2.75, 3.05) is 0 Å². The molecule has 0 aromatic heterocycles. The van der Waals surface area contributed by atoms with E-state index in [4.69, 9.17) is 5.11 Å². The van der Waals surface area contributed by atoms with Gasteiger partial charge in [0.25, 0.3) is 0 Å². The van der Waals surface area contributed by atoms with Crippen LogP contribution in [0.4, 0.5) is 0 Å². The normalized spacial score (nSPS) is 21.4. The van der Waals surface area contributed by atoms with Crippen molar-refractivity contribution in [2.45, 2.75) is 25.4 Å². The highest BCUT2D eigenvalue weighted by Gasteiger charge is 2.29. The Bertz CT molecular complexity index is 117. The number of aliphatic hydroxyl groups excluding tert-OH is 1. The van der Waals surface area contributed by atoms with Gasteiger partial charge in [-0.2, -0.15) is 0 Å². The molecule has 1 aliphatic carbocycles. The molecule has 3 heteroatoms. The summed E-state index contributed by atoms with van der Waals surface area (Å²) in [6, 6.07) is 0. The third kappa shape index (κ3) is 2.01. The number of hydrogen-bond donors (Lipinski definition) is 1. The van der Waals surface area contributed by atoms with Gasteiger partial charge in [-0.3, -0.25) is 0 Å². The fraction of sp³-hybridized carbons (Fsp3) is 0.833. The van der Waals surface area contributed by atoms with Gasteiger partial charge in [0.15, 0.2) is 0 Å². The smallest absolute Gasteiger partial charge is 0.0620 e. The Kier molecular flexibility index (Phi) is 1.71. The third-order valence-electron chi connectivity index (χ3n) is 1.54. The lowest BCUT2D eigenvalue weighted by molar-refractivity contribution is -0.307.